The lowest BCUT2D eigenvalue weighted by Gasteiger charge is -2.27. The van der Waals surface area contributed by atoms with E-state index in [0.29, 0.717) is 6.54 Å². The molecule has 5 heteroatoms. The van der Waals surface area contributed by atoms with Crippen LogP contribution in [0.5, 0.6) is 0 Å². The minimum Gasteiger partial charge on any atom is -0.337 e. The number of nitrogens with zero attached hydrogens (tertiary/aromatic N) is 1. The highest BCUT2D eigenvalue weighted by atomic mass is 16.2. The molecule has 0 aliphatic carbocycles. The van der Waals surface area contributed by atoms with Gasteiger partial charge in [0, 0.05) is 39.3 Å². The molecule has 0 unspecified atom stereocenters. The molecule has 2 amide bonds. The zero-order valence-corrected chi connectivity index (χ0v) is 14.4. The fraction of sp³-hybridized carbons (Fsp3) is 0.350. The monoisotopic (exact) mass is 338 g/mol. The van der Waals surface area contributed by atoms with E-state index in [2.05, 4.69) is 20.9 Å². The Morgan fingerprint density at radius 3 is 2.08 bits per heavy atom. The van der Waals surface area contributed by atoms with Gasteiger partial charge in [-0.1, -0.05) is 60.7 Å². The van der Waals surface area contributed by atoms with E-state index in [0.717, 1.165) is 43.9 Å². The number of hydrogen-bond donors (Lipinski definition) is 3. The number of benzene rings is 2. The van der Waals surface area contributed by atoms with Gasteiger partial charge < -0.3 is 16.0 Å². The van der Waals surface area contributed by atoms with E-state index < -0.39 is 0 Å². The molecule has 3 rings (SSSR count). The van der Waals surface area contributed by atoms with E-state index in [9.17, 15) is 4.79 Å². The maximum absolute atomic E-state index is 12.4. The third-order valence-corrected chi connectivity index (χ3v) is 4.46. The molecule has 5 nitrogen and oxygen atoms in total. The van der Waals surface area contributed by atoms with Gasteiger partial charge in [0.15, 0.2) is 0 Å². The quantitative estimate of drug-likeness (QED) is 0.755. The molecule has 1 fully saturated rings. The third-order valence-electron chi connectivity index (χ3n) is 4.46. The van der Waals surface area contributed by atoms with Crippen LogP contribution in [0.4, 0.5) is 4.79 Å². The van der Waals surface area contributed by atoms with Crippen LogP contribution in [0.25, 0.3) is 0 Å². The first-order valence-electron chi connectivity index (χ1n) is 8.90. The average molecular weight is 338 g/mol. The third kappa shape index (κ3) is 5.31. The molecule has 0 bridgehead atoms. The highest BCUT2D eigenvalue weighted by Crippen LogP contribution is 2.21. The zero-order valence-electron chi connectivity index (χ0n) is 14.4. The van der Waals surface area contributed by atoms with Gasteiger partial charge in [0.25, 0.3) is 0 Å². The summed E-state index contributed by atoms with van der Waals surface area (Å²) in [6.45, 7) is 5.67. The van der Waals surface area contributed by atoms with Gasteiger partial charge in [0.1, 0.15) is 0 Å². The van der Waals surface area contributed by atoms with Gasteiger partial charge in [0.2, 0.25) is 0 Å². The first-order chi connectivity index (χ1) is 12.3. The molecule has 1 aliphatic rings. The molecule has 0 aromatic heterocycles. The van der Waals surface area contributed by atoms with Gasteiger partial charge in [-0.05, 0) is 11.1 Å². The molecule has 25 heavy (non-hydrogen) atoms. The molecule has 1 heterocycles. The molecular weight excluding hydrogens is 312 g/mol. The molecule has 1 aliphatic heterocycles. The van der Waals surface area contributed by atoms with Crippen molar-refractivity contribution in [3.63, 3.8) is 0 Å². The van der Waals surface area contributed by atoms with Gasteiger partial charge in [-0.25, -0.2) is 4.79 Å². The van der Waals surface area contributed by atoms with Crippen LogP contribution < -0.4 is 16.0 Å². The summed E-state index contributed by atoms with van der Waals surface area (Å²) in [4.78, 5) is 14.8. The molecule has 2 aromatic carbocycles. The molecule has 3 N–H and O–H groups in total. The summed E-state index contributed by atoms with van der Waals surface area (Å²) in [5.41, 5.74) is 2.15. The molecule has 0 spiro atoms. The summed E-state index contributed by atoms with van der Waals surface area (Å²) < 4.78 is 0. The smallest absolute Gasteiger partial charge is 0.315 e. The van der Waals surface area contributed by atoms with Crippen LogP contribution in [0.3, 0.4) is 0 Å². The summed E-state index contributed by atoms with van der Waals surface area (Å²) in [6.07, 6.45) is 0. The van der Waals surface area contributed by atoms with Crippen LogP contribution in [-0.2, 0) is 0 Å². The van der Waals surface area contributed by atoms with E-state index in [1.807, 2.05) is 60.7 Å². The Labute approximate surface area is 149 Å². The van der Waals surface area contributed by atoms with Crippen molar-refractivity contribution in [2.45, 2.75) is 6.04 Å². The van der Waals surface area contributed by atoms with Crippen molar-refractivity contribution in [2.75, 3.05) is 39.3 Å². The number of urea groups is 1. The second-order valence-corrected chi connectivity index (χ2v) is 6.25. The Balaban J connectivity index is 1.57. The first-order valence-corrected chi connectivity index (χ1v) is 8.90. The van der Waals surface area contributed by atoms with Crippen LogP contribution in [0.15, 0.2) is 60.7 Å². The van der Waals surface area contributed by atoms with Crippen LogP contribution in [0, 0.1) is 0 Å². The molecule has 0 atom stereocenters. The van der Waals surface area contributed by atoms with Crippen LogP contribution >= 0.6 is 0 Å². The summed E-state index contributed by atoms with van der Waals surface area (Å²) in [7, 11) is 0. The molecule has 132 valence electrons. The van der Waals surface area contributed by atoms with E-state index in [1.165, 1.54) is 0 Å². The number of carbonyl (C=O) groups excluding carboxylic acids is 1. The average Bonchev–Trinajstić information content (AvgIpc) is 2.68. The Morgan fingerprint density at radius 2 is 1.52 bits per heavy atom. The summed E-state index contributed by atoms with van der Waals surface area (Å²) >= 11 is 0. The van der Waals surface area contributed by atoms with Gasteiger partial charge in [-0.3, -0.25) is 4.90 Å². The molecular formula is C20H26N4O. The first kappa shape index (κ1) is 17.5. The maximum Gasteiger partial charge on any atom is 0.315 e. The Morgan fingerprint density at radius 1 is 0.960 bits per heavy atom. The lowest BCUT2D eigenvalue weighted by molar-refractivity contribution is 0.225. The molecule has 0 radical (unpaired) electrons. The van der Waals surface area contributed by atoms with Crippen LogP contribution in [0.1, 0.15) is 17.2 Å². The van der Waals surface area contributed by atoms with Gasteiger partial charge in [-0.2, -0.15) is 0 Å². The number of rotatable bonds is 6. The highest BCUT2D eigenvalue weighted by molar-refractivity contribution is 5.75. The number of nitrogens with one attached hydrogen (secondary N) is 3. The topological polar surface area (TPSA) is 56.4 Å². The fourth-order valence-corrected chi connectivity index (χ4v) is 3.09. The number of hydrogen-bond acceptors (Lipinski definition) is 3. The Hall–Kier alpha value is -2.37. The van der Waals surface area contributed by atoms with Crippen molar-refractivity contribution in [1.82, 2.24) is 20.9 Å². The van der Waals surface area contributed by atoms with Crippen LogP contribution in [0.2, 0.25) is 0 Å². The molecule has 2 aromatic rings. The van der Waals surface area contributed by atoms with Gasteiger partial charge in [0.05, 0.1) is 6.04 Å². The normalized spacial score (nSPS) is 15.1. The lowest BCUT2D eigenvalue weighted by Crippen LogP contribution is -2.47. The van der Waals surface area contributed by atoms with Gasteiger partial charge >= 0.3 is 6.03 Å². The van der Waals surface area contributed by atoms with E-state index >= 15 is 0 Å². The Bertz CT molecular complexity index is 602. The van der Waals surface area contributed by atoms with Gasteiger partial charge in [-0.15, -0.1) is 0 Å². The van der Waals surface area contributed by atoms with Crippen molar-refractivity contribution < 1.29 is 4.79 Å². The minimum absolute atomic E-state index is 0.132. The zero-order chi connectivity index (χ0) is 17.3. The standard InChI is InChI=1S/C20H26N4O/c25-20(22-13-16-24-14-11-21-12-15-24)23-19(17-7-3-1-4-8-17)18-9-5-2-6-10-18/h1-10,19,21H,11-16H2,(H2,22,23,25). The summed E-state index contributed by atoms with van der Waals surface area (Å²) in [6, 6.07) is 19.8. The summed E-state index contributed by atoms with van der Waals surface area (Å²) in [5.74, 6) is 0. The van der Waals surface area contributed by atoms with E-state index in [4.69, 9.17) is 0 Å². The largest absolute Gasteiger partial charge is 0.337 e. The number of carbonyl (C=O) groups is 1. The van der Waals surface area contributed by atoms with Crippen molar-refractivity contribution in [3.8, 4) is 0 Å². The van der Waals surface area contributed by atoms with Crippen molar-refractivity contribution in [3.05, 3.63) is 71.8 Å². The lowest BCUT2D eigenvalue weighted by atomic mass is 9.99. The predicted octanol–water partition coefficient (Wildman–Crippen LogP) is 1.98. The van der Waals surface area contributed by atoms with Crippen molar-refractivity contribution in [1.29, 1.82) is 0 Å². The van der Waals surface area contributed by atoms with Crippen LogP contribution in [-0.4, -0.2) is 50.2 Å². The number of piperazine rings is 1. The summed E-state index contributed by atoms with van der Waals surface area (Å²) in [5, 5.41) is 9.43. The van der Waals surface area contributed by atoms with E-state index in [-0.39, 0.29) is 12.1 Å². The minimum atomic E-state index is -0.151. The highest BCUT2D eigenvalue weighted by Gasteiger charge is 2.16. The second-order valence-electron chi connectivity index (χ2n) is 6.25. The second kappa shape index (κ2) is 9.20. The van der Waals surface area contributed by atoms with Crippen molar-refractivity contribution >= 4 is 6.03 Å². The molecule has 0 saturated carbocycles. The molecule has 1 saturated heterocycles. The SMILES string of the molecule is O=C(NCCN1CCNCC1)NC(c1ccccc1)c1ccccc1. The van der Waals surface area contributed by atoms with E-state index in [1.54, 1.807) is 0 Å². The van der Waals surface area contributed by atoms with Crippen molar-refractivity contribution in [2.24, 2.45) is 0 Å². The predicted molar refractivity (Wildman–Crippen MR) is 101 cm³/mol. The maximum atomic E-state index is 12.4. The number of amides is 2. The fourth-order valence-electron chi connectivity index (χ4n) is 3.09. The Kier molecular flexibility index (Phi) is 6.42.